The Balaban J connectivity index is 2.45. The molecule has 0 bridgehead atoms. The minimum atomic E-state index is -0.862. The molecule has 0 aromatic heterocycles. The first-order chi connectivity index (χ1) is 6.61. The first kappa shape index (κ1) is 11.0. The lowest BCUT2D eigenvalue weighted by Crippen LogP contribution is -2.49. The van der Waals surface area contributed by atoms with Crippen LogP contribution in [0, 0.1) is 0 Å². The molecule has 0 saturated carbocycles. The molecule has 5 nitrogen and oxygen atoms in total. The Morgan fingerprint density at radius 2 is 2.36 bits per heavy atom. The molecular weight excluding hydrogens is 202 g/mol. The van der Waals surface area contributed by atoms with E-state index in [1.807, 2.05) is 0 Å². The van der Waals surface area contributed by atoms with Crippen molar-refractivity contribution in [2.45, 2.75) is 25.3 Å². The Hall–Kier alpha value is -1.04. The van der Waals surface area contributed by atoms with E-state index in [0.717, 1.165) is 19.3 Å². The van der Waals surface area contributed by atoms with E-state index in [1.54, 1.807) is 0 Å². The van der Waals surface area contributed by atoms with Gasteiger partial charge in [0.25, 0.3) is 0 Å². The summed E-state index contributed by atoms with van der Waals surface area (Å²) in [4.78, 5) is 12.3. The lowest BCUT2D eigenvalue weighted by atomic mass is 10.0. The van der Waals surface area contributed by atoms with Crippen molar-refractivity contribution in [1.29, 1.82) is 0 Å². The number of nitrogens with two attached hydrogens (primary N) is 1. The number of likely N-dealkylation sites (tertiary alicyclic amines) is 1. The number of hydrogen-bond donors (Lipinski definition) is 3. The van der Waals surface area contributed by atoms with Crippen molar-refractivity contribution in [2.75, 3.05) is 13.1 Å². The third-order valence-electron chi connectivity index (χ3n) is 2.38. The molecule has 1 rings (SSSR count). The van der Waals surface area contributed by atoms with Gasteiger partial charge in [0.1, 0.15) is 0 Å². The van der Waals surface area contributed by atoms with E-state index in [1.165, 1.54) is 4.90 Å². The second-order valence-electron chi connectivity index (χ2n) is 3.37. The predicted octanol–water partition coefficient (Wildman–Crippen LogP) is 0.352. The standard InChI is InChI=1S/C8H15N3O2S/c9-7(14)10-5-6-3-1-2-4-11(6)8(12)13/h6H,1-5H2,(H,12,13)(H3,9,10,14). The molecule has 1 fully saturated rings. The summed E-state index contributed by atoms with van der Waals surface area (Å²) in [5.41, 5.74) is 5.29. The Bertz CT molecular complexity index is 235. The van der Waals surface area contributed by atoms with Crippen LogP contribution in [0.5, 0.6) is 0 Å². The summed E-state index contributed by atoms with van der Waals surface area (Å²) in [7, 11) is 0. The molecule has 4 N–H and O–H groups in total. The van der Waals surface area contributed by atoms with Crippen LogP contribution in [-0.2, 0) is 0 Å². The van der Waals surface area contributed by atoms with Crippen molar-refractivity contribution in [2.24, 2.45) is 5.73 Å². The Morgan fingerprint density at radius 1 is 1.64 bits per heavy atom. The van der Waals surface area contributed by atoms with Gasteiger partial charge in [-0.25, -0.2) is 4.79 Å². The van der Waals surface area contributed by atoms with E-state index >= 15 is 0 Å². The van der Waals surface area contributed by atoms with E-state index < -0.39 is 6.09 Å². The average molecular weight is 217 g/mol. The largest absolute Gasteiger partial charge is 0.465 e. The number of piperidine rings is 1. The summed E-state index contributed by atoms with van der Waals surface area (Å²) < 4.78 is 0. The number of carboxylic acid groups (broad SMARTS) is 1. The van der Waals surface area contributed by atoms with Crippen LogP contribution < -0.4 is 11.1 Å². The zero-order valence-electron chi connectivity index (χ0n) is 7.90. The maximum Gasteiger partial charge on any atom is 0.407 e. The van der Waals surface area contributed by atoms with Crippen LogP contribution in [0.4, 0.5) is 4.79 Å². The first-order valence-electron chi connectivity index (χ1n) is 4.64. The van der Waals surface area contributed by atoms with Gasteiger partial charge in [-0.15, -0.1) is 0 Å². The Kier molecular flexibility index (Phi) is 3.94. The highest BCUT2D eigenvalue weighted by Crippen LogP contribution is 2.16. The molecular formula is C8H15N3O2S. The van der Waals surface area contributed by atoms with E-state index in [4.69, 9.17) is 10.8 Å². The van der Waals surface area contributed by atoms with Crippen LogP contribution in [0.25, 0.3) is 0 Å². The maximum atomic E-state index is 10.8. The van der Waals surface area contributed by atoms with Crippen molar-refractivity contribution in [3.8, 4) is 0 Å². The molecule has 0 aliphatic carbocycles. The molecule has 0 aromatic carbocycles. The minimum absolute atomic E-state index is 0.00255. The summed E-state index contributed by atoms with van der Waals surface area (Å²) in [6, 6.07) is 0.00255. The van der Waals surface area contributed by atoms with Gasteiger partial charge in [-0.2, -0.15) is 0 Å². The zero-order chi connectivity index (χ0) is 10.6. The normalized spacial score (nSPS) is 21.7. The molecule has 1 aliphatic heterocycles. The zero-order valence-corrected chi connectivity index (χ0v) is 8.72. The SMILES string of the molecule is NC(=S)NCC1CCCCN1C(=O)O. The van der Waals surface area contributed by atoms with Gasteiger partial charge in [-0.1, -0.05) is 0 Å². The van der Waals surface area contributed by atoms with Gasteiger partial charge in [-0.05, 0) is 31.5 Å². The third kappa shape index (κ3) is 3.02. The number of nitrogens with zero attached hydrogens (tertiary/aromatic N) is 1. The van der Waals surface area contributed by atoms with Gasteiger partial charge in [-0.3, -0.25) is 0 Å². The van der Waals surface area contributed by atoms with Crippen molar-refractivity contribution in [3.63, 3.8) is 0 Å². The molecule has 1 unspecified atom stereocenters. The quantitative estimate of drug-likeness (QED) is 0.582. The topological polar surface area (TPSA) is 78.6 Å². The molecule has 1 saturated heterocycles. The number of carbonyl (C=O) groups is 1. The van der Waals surface area contributed by atoms with Crippen LogP contribution in [0.2, 0.25) is 0 Å². The maximum absolute atomic E-state index is 10.8. The second-order valence-corrected chi connectivity index (χ2v) is 3.81. The summed E-state index contributed by atoms with van der Waals surface area (Å²) >= 11 is 4.67. The van der Waals surface area contributed by atoms with Crippen molar-refractivity contribution in [3.05, 3.63) is 0 Å². The lowest BCUT2D eigenvalue weighted by Gasteiger charge is -2.33. The smallest absolute Gasteiger partial charge is 0.407 e. The summed E-state index contributed by atoms with van der Waals surface area (Å²) in [6.45, 7) is 1.13. The van der Waals surface area contributed by atoms with Crippen molar-refractivity contribution in [1.82, 2.24) is 10.2 Å². The van der Waals surface area contributed by atoms with Crippen LogP contribution in [0.3, 0.4) is 0 Å². The van der Waals surface area contributed by atoms with Gasteiger partial charge in [0.2, 0.25) is 0 Å². The van der Waals surface area contributed by atoms with E-state index in [2.05, 4.69) is 17.5 Å². The van der Waals surface area contributed by atoms with Gasteiger partial charge in [0, 0.05) is 13.1 Å². The highest BCUT2D eigenvalue weighted by atomic mass is 32.1. The minimum Gasteiger partial charge on any atom is -0.465 e. The number of amides is 1. The van der Waals surface area contributed by atoms with Crippen LogP contribution >= 0.6 is 12.2 Å². The molecule has 80 valence electrons. The Labute approximate surface area is 88.3 Å². The highest BCUT2D eigenvalue weighted by Gasteiger charge is 2.25. The van der Waals surface area contributed by atoms with Gasteiger partial charge < -0.3 is 21.1 Å². The fraction of sp³-hybridized carbons (Fsp3) is 0.750. The lowest BCUT2D eigenvalue weighted by molar-refractivity contribution is 0.107. The van der Waals surface area contributed by atoms with Gasteiger partial charge in [0.05, 0.1) is 6.04 Å². The molecule has 1 aliphatic rings. The monoisotopic (exact) mass is 217 g/mol. The molecule has 6 heteroatoms. The van der Waals surface area contributed by atoms with Crippen molar-refractivity contribution < 1.29 is 9.90 Å². The van der Waals surface area contributed by atoms with Crippen LogP contribution in [0.1, 0.15) is 19.3 Å². The molecule has 0 radical (unpaired) electrons. The number of hydrogen-bond acceptors (Lipinski definition) is 2. The Morgan fingerprint density at radius 3 is 2.93 bits per heavy atom. The molecule has 0 spiro atoms. The summed E-state index contributed by atoms with van der Waals surface area (Å²) in [5, 5.41) is 11.9. The molecule has 1 amide bonds. The van der Waals surface area contributed by atoms with Crippen LogP contribution in [-0.4, -0.2) is 40.3 Å². The second kappa shape index (κ2) is 4.99. The summed E-state index contributed by atoms with van der Waals surface area (Å²) in [6.07, 6.45) is 2.02. The van der Waals surface area contributed by atoms with Gasteiger partial charge >= 0.3 is 6.09 Å². The van der Waals surface area contributed by atoms with Crippen LogP contribution in [0.15, 0.2) is 0 Å². The predicted molar refractivity (Wildman–Crippen MR) is 57.2 cm³/mol. The van der Waals surface area contributed by atoms with Gasteiger partial charge in [0.15, 0.2) is 5.11 Å². The van der Waals surface area contributed by atoms with Crippen molar-refractivity contribution >= 4 is 23.4 Å². The molecule has 14 heavy (non-hydrogen) atoms. The molecule has 1 heterocycles. The first-order valence-corrected chi connectivity index (χ1v) is 5.05. The highest BCUT2D eigenvalue weighted by molar-refractivity contribution is 7.80. The third-order valence-corrected chi connectivity index (χ3v) is 2.53. The fourth-order valence-corrected chi connectivity index (χ4v) is 1.77. The number of rotatable bonds is 2. The van der Waals surface area contributed by atoms with E-state index in [0.29, 0.717) is 13.1 Å². The van der Waals surface area contributed by atoms with E-state index in [-0.39, 0.29) is 11.2 Å². The number of thiocarbonyl (C=S) groups is 1. The number of nitrogens with one attached hydrogen (secondary N) is 1. The average Bonchev–Trinajstić information content (AvgIpc) is 2.15. The van der Waals surface area contributed by atoms with E-state index in [9.17, 15) is 4.79 Å². The fourth-order valence-electron chi connectivity index (χ4n) is 1.68. The summed E-state index contributed by atoms with van der Waals surface area (Å²) in [5.74, 6) is 0. The molecule has 1 atom stereocenters. The molecule has 0 aromatic rings.